The fourth-order valence-corrected chi connectivity index (χ4v) is 2.34. The third-order valence-corrected chi connectivity index (χ3v) is 3.56. The summed E-state index contributed by atoms with van der Waals surface area (Å²) < 4.78 is 0. The van der Waals surface area contributed by atoms with E-state index in [0.717, 1.165) is 6.54 Å². The molecule has 0 rings (SSSR count). The van der Waals surface area contributed by atoms with Crippen LogP contribution in [0.3, 0.4) is 0 Å². The second-order valence-electron chi connectivity index (χ2n) is 6.29. The van der Waals surface area contributed by atoms with Crippen molar-refractivity contribution in [2.75, 3.05) is 20.6 Å². The summed E-state index contributed by atoms with van der Waals surface area (Å²) in [6.07, 6.45) is 19.9. The molecule has 0 aliphatic rings. The van der Waals surface area contributed by atoms with Gasteiger partial charge < -0.3 is 16.0 Å². The van der Waals surface area contributed by atoms with Crippen LogP contribution in [0.15, 0.2) is 0 Å². The van der Waals surface area contributed by atoms with Crippen molar-refractivity contribution in [3.63, 3.8) is 0 Å². The van der Waals surface area contributed by atoms with Crippen LogP contribution in [0.2, 0.25) is 0 Å². The molecule has 3 nitrogen and oxygen atoms in total. The normalized spacial score (nSPS) is 10.6. The first-order chi connectivity index (χ1) is 10.1. The first-order valence-corrected chi connectivity index (χ1v) is 9.32. The molecule has 0 heterocycles. The van der Waals surface area contributed by atoms with E-state index in [0.29, 0.717) is 0 Å². The Morgan fingerprint density at radius 3 is 1.10 bits per heavy atom. The van der Waals surface area contributed by atoms with Gasteiger partial charge in [-0.2, -0.15) is 0 Å². The highest BCUT2D eigenvalue weighted by Gasteiger charge is 1.93. The Morgan fingerprint density at radius 1 is 0.619 bits per heavy atom. The van der Waals surface area contributed by atoms with Crippen molar-refractivity contribution >= 4 is 0 Å². The Balaban J connectivity index is 0. The fourth-order valence-electron chi connectivity index (χ4n) is 2.34. The molecule has 21 heavy (non-hydrogen) atoms. The number of quaternary nitrogens is 1. The van der Waals surface area contributed by atoms with Crippen molar-refractivity contribution in [3.05, 3.63) is 5.21 Å². The average Bonchev–Trinajstić information content (AvgIpc) is 2.43. The van der Waals surface area contributed by atoms with Gasteiger partial charge in [-0.25, -0.2) is 0 Å². The minimum absolute atomic E-state index is 0.167. The van der Waals surface area contributed by atoms with E-state index in [9.17, 15) is 5.21 Å². The summed E-state index contributed by atoms with van der Waals surface area (Å²) in [5.74, 6) is 0. The number of hydrogen-bond acceptors (Lipinski definition) is 2. The van der Waals surface area contributed by atoms with E-state index in [1.165, 1.54) is 104 Å². The van der Waals surface area contributed by atoms with E-state index in [2.05, 4.69) is 6.92 Å². The maximum atomic E-state index is 9.44. The summed E-state index contributed by atoms with van der Waals surface area (Å²) in [5, 5.41) is 9.61. The minimum atomic E-state index is 0.167. The summed E-state index contributed by atoms with van der Waals surface area (Å²) in [6, 6.07) is 0. The molecule has 0 fully saturated rings. The Hall–Kier alpha value is -0.120. The van der Waals surface area contributed by atoms with E-state index in [4.69, 9.17) is 5.73 Å². The van der Waals surface area contributed by atoms with Gasteiger partial charge in [-0.1, -0.05) is 90.4 Å². The molecule has 0 amide bonds. The molecule has 3 heteroatoms. The SMILES string of the molecule is CCCCCCCCCCCCCCCCN.C[NH+](C)[O-]. The Labute approximate surface area is 134 Å². The summed E-state index contributed by atoms with van der Waals surface area (Å²) >= 11 is 0. The minimum Gasteiger partial charge on any atom is -0.635 e. The van der Waals surface area contributed by atoms with Gasteiger partial charge in [0.1, 0.15) is 0 Å². The molecule has 0 aromatic carbocycles. The van der Waals surface area contributed by atoms with Crippen LogP contribution in [0.25, 0.3) is 0 Å². The molecule has 0 atom stereocenters. The van der Waals surface area contributed by atoms with Gasteiger partial charge >= 0.3 is 0 Å². The summed E-state index contributed by atoms with van der Waals surface area (Å²) in [6.45, 7) is 3.16. The highest BCUT2D eigenvalue weighted by molar-refractivity contribution is 4.49. The lowest BCUT2D eigenvalue weighted by molar-refractivity contribution is -0.802. The summed E-state index contributed by atoms with van der Waals surface area (Å²) in [7, 11) is 3.06. The van der Waals surface area contributed by atoms with Crippen molar-refractivity contribution < 1.29 is 5.06 Å². The first-order valence-electron chi connectivity index (χ1n) is 9.32. The first kappa shape index (κ1) is 23.2. The average molecular weight is 303 g/mol. The third kappa shape index (κ3) is 33.0. The molecule has 0 radical (unpaired) electrons. The number of hydroxylamine groups is 2. The maximum absolute atomic E-state index is 9.44. The third-order valence-electron chi connectivity index (χ3n) is 3.56. The zero-order valence-electron chi connectivity index (χ0n) is 15.1. The number of rotatable bonds is 14. The molecule has 0 aliphatic heterocycles. The van der Waals surface area contributed by atoms with Crippen LogP contribution in [0.1, 0.15) is 96.8 Å². The predicted molar refractivity (Wildman–Crippen MR) is 95.5 cm³/mol. The van der Waals surface area contributed by atoms with Crippen LogP contribution in [0, 0.1) is 5.21 Å². The maximum Gasteiger partial charge on any atom is 0.0660 e. The van der Waals surface area contributed by atoms with Gasteiger partial charge in [0.05, 0.1) is 14.1 Å². The summed E-state index contributed by atoms with van der Waals surface area (Å²) in [5.41, 5.74) is 5.47. The van der Waals surface area contributed by atoms with E-state index in [1.54, 1.807) is 0 Å². The van der Waals surface area contributed by atoms with Crippen LogP contribution in [0.4, 0.5) is 0 Å². The highest BCUT2D eigenvalue weighted by atomic mass is 16.5. The van der Waals surface area contributed by atoms with E-state index in [-0.39, 0.29) is 5.06 Å². The zero-order chi connectivity index (χ0) is 16.2. The van der Waals surface area contributed by atoms with E-state index < -0.39 is 0 Å². The second kappa shape index (κ2) is 22.2. The monoisotopic (exact) mass is 302 g/mol. The van der Waals surface area contributed by atoms with Gasteiger partial charge in [0.25, 0.3) is 0 Å². The van der Waals surface area contributed by atoms with Crippen molar-refractivity contribution in [2.45, 2.75) is 96.8 Å². The number of hydrogen-bond donors (Lipinski definition) is 2. The zero-order valence-corrected chi connectivity index (χ0v) is 15.1. The van der Waals surface area contributed by atoms with Crippen LogP contribution in [0.5, 0.6) is 0 Å². The predicted octanol–water partition coefficient (Wildman–Crippen LogP) is 4.06. The van der Waals surface area contributed by atoms with Gasteiger partial charge in [-0.3, -0.25) is 0 Å². The van der Waals surface area contributed by atoms with Gasteiger partial charge in [0, 0.05) is 0 Å². The lowest BCUT2D eigenvalue weighted by Crippen LogP contribution is -3.00. The van der Waals surface area contributed by atoms with Crippen LogP contribution in [-0.4, -0.2) is 20.6 Å². The Bertz CT molecular complexity index is 147. The smallest absolute Gasteiger partial charge is 0.0660 e. The molecule has 130 valence electrons. The largest absolute Gasteiger partial charge is 0.635 e. The molecule has 0 aromatic rings. The topological polar surface area (TPSA) is 53.5 Å². The highest BCUT2D eigenvalue weighted by Crippen LogP contribution is 2.12. The molecule has 3 N–H and O–H groups in total. The molecule has 0 saturated carbocycles. The quantitative estimate of drug-likeness (QED) is 0.375. The molecule has 0 aliphatic carbocycles. The van der Waals surface area contributed by atoms with E-state index in [1.807, 2.05) is 0 Å². The molecule has 0 bridgehead atoms. The van der Waals surface area contributed by atoms with Crippen molar-refractivity contribution in [1.82, 2.24) is 0 Å². The molecular formula is C18H42N2O. The van der Waals surface area contributed by atoms with Gasteiger partial charge in [-0.15, -0.1) is 0 Å². The lowest BCUT2D eigenvalue weighted by atomic mass is 10.0. The van der Waals surface area contributed by atoms with Crippen LogP contribution < -0.4 is 10.8 Å². The molecule has 0 saturated heterocycles. The standard InChI is InChI=1S/C16H35N.C2H7NO/c1-2-3-4-5-6-7-8-9-10-11-12-13-14-15-16-17;1-3(2)4/h2-17H2,1H3;3H,1-2H3. The van der Waals surface area contributed by atoms with Gasteiger partial charge in [0.15, 0.2) is 0 Å². The Kier molecular flexibility index (Phi) is 24.4. The fraction of sp³-hybridized carbons (Fsp3) is 1.00. The van der Waals surface area contributed by atoms with Crippen LogP contribution in [-0.2, 0) is 0 Å². The molecule has 0 unspecified atom stereocenters. The van der Waals surface area contributed by atoms with Gasteiger partial charge in [0.2, 0.25) is 0 Å². The second-order valence-corrected chi connectivity index (χ2v) is 6.29. The van der Waals surface area contributed by atoms with Crippen molar-refractivity contribution in [1.29, 1.82) is 0 Å². The summed E-state index contributed by atoms with van der Waals surface area (Å²) in [4.78, 5) is 0. The molecule has 0 aromatic heterocycles. The van der Waals surface area contributed by atoms with Crippen molar-refractivity contribution in [3.8, 4) is 0 Å². The number of nitrogens with two attached hydrogens (primary N) is 1. The van der Waals surface area contributed by atoms with Gasteiger partial charge in [-0.05, 0) is 13.0 Å². The Morgan fingerprint density at radius 2 is 0.857 bits per heavy atom. The number of unbranched alkanes of at least 4 members (excludes halogenated alkanes) is 13. The van der Waals surface area contributed by atoms with Crippen molar-refractivity contribution in [2.24, 2.45) is 5.73 Å². The molecular weight excluding hydrogens is 260 g/mol. The lowest BCUT2D eigenvalue weighted by Gasteiger charge is -2.04. The molecule has 0 spiro atoms. The number of nitrogens with one attached hydrogen (secondary N) is 1. The van der Waals surface area contributed by atoms with E-state index >= 15 is 0 Å². The van der Waals surface area contributed by atoms with Crippen LogP contribution >= 0.6 is 0 Å².